The van der Waals surface area contributed by atoms with E-state index in [0.29, 0.717) is 5.58 Å². The van der Waals surface area contributed by atoms with E-state index in [1.165, 1.54) is 0 Å². The minimum atomic E-state index is -0.395. The van der Waals surface area contributed by atoms with E-state index in [1.807, 2.05) is 61.5 Å². The molecule has 128 valence electrons. The van der Waals surface area contributed by atoms with Gasteiger partial charge in [0.05, 0.1) is 5.52 Å². The van der Waals surface area contributed by atoms with Gasteiger partial charge < -0.3 is 9.73 Å². The molecule has 6 heteroatoms. The fraction of sp³-hybridized carbons (Fsp3) is 0.0500. The lowest BCUT2D eigenvalue weighted by molar-refractivity contribution is 0.0953. The first-order valence-corrected chi connectivity index (χ1v) is 8.48. The van der Waals surface area contributed by atoms with Crippen LogP contribution in [0.1, 0.15) is 16.2 Å². The molecule has 2 aromatic heterocycles. The number of carbonyl (C=O) groups is 1. The lowest BCUT2D eigenvalue weighted by Gasteiger charge is -2.11. The number of pyridine rings is 1. The molecule has 0 fully saturated rings. The van der Waals surface area contributed by atoms with Gasteiger partial charge in [-0.15, -0.1) is 0 Å². The highest BCUT2D eigenvalue weighted by atomic mass is 32.1. The summed E-state index contributed by atoms with van der Waals surface area (Å²) < 4.78 is 5.55. The number of fused-ring (bicyclic) bond motifs is 2. The first kappa shape index (κ1) is 16.2. The molecule has 4 rings (SSSR count). The van der Waals surface area contributed by atoms with Gasteiger partial charge in [0, 0.05) is 22.2 Å². The van der Waals surface area contributed by atoms with E-state index in [1.54, 1.807) is 6.07 Å². The van der Waals surface area contributed by atoms with Gasteiger partial charge in [-0.2, -0.15) is 0 Å². The second-order valence-corrected chi connectivity index (χ2v) is 6.29. The Morgan fingerprint density at radius 3 is 2.77 bits per heavy atom. The van der Waals surface area contributed by atoms with Crippen LogP contribution in [-0.2, 0) is 0 Å². The number of aryl methyl sites for hydroxylation is 1. The van der Waals surface area contributed by atoms with Gasteiger partial charge in [0.25, 0.3) is 5.91 Å². The fourth-order valence-electron chi connectivity index (χ4n) is 2.78. The van der Waals surface area contributed by atoms with E-state index >= 15 is 0 Å². The van der Waals surface area contributed by atoms with Crippen molar-refractivity contribution in [2.75, 3.05) is 5.32 Å². The molecular weight excluding hydrogens is 346 g/mol. The zero-order chi connectivity index (χ0) is 18.1. The monoisotopic (exact) mass is 361 g/mol. The molecule has 0 atom stereocenters. The smallest absolute Gasteiger partial charge is 0.293 e. The van der Waals surface area contributed by atoms with Gasteiger partial charge in [-0.05, 0) is 55.5 Å². The summed E-state index contributed by atoms with van der Waals surface area (Å²) in [5, 5.41) is 7.70. The van der Waals surface area contributed by atoms with Gasteiger partial charge in [-0.25, -0.2) is 0 Å². The minimum absolute atomic E-state index is 0.198. The average molecular weight is 361 g/mol. The van der Waals surface area contributed by atoms with Crippen molar-refractivity contribution < 1.29 is 9.21 Å². The molecule has 2 N–H and O–H groups in total. The Balaban J connectivity index is 1.53. The molecular formula is C20H15N3O2S. The zero-order valence-electron chi connectivity index (χ0n) is 13.9. The third-order valence-corrected chi connectivity index (χ3v) is 4.20. The number of nitrogens with zero attached hydrogens (tertiary/aromatic N) is 1. The van der Waals surface area contributed by atoms with Crippen LogP contribution in [0.2, 0.25) is 0 Å². The summed E-state index contributed by atoms with van der Waals surface area (Å²) in [4.78, 5) is 16.9. The molecule has 0 radical (unpaired) electrons. The van der Waals surface area contributed by atoms with Crippen LogP contribution in [0.25, 0.3) is 21.9 Å². The molecule has 4 aromatic rings. The topological polar surface area (TPSA) is 67.2 Å². The van der Waals surface area contributed by atoms with Gasteiger partial charge in [0.1, 0.15) is 5.58 Å². The van der Waals surface area contributed by atoms with E-state index in [-0.39, 0.29) is 10.9 Å². The number of anilines is 1. The third-order valence-electron chi connectivity index (χ3n) is 4.00. The largest absolute Gasteiger partial charge is 0.451 e. The Hall–Kier alpha value is -3.25. The third kappa shape index (κ3) is 3.14. The van der Waals surface area contributed by atoms with Crippen molar-refractivity contribution in [3.8, 4) is 0 Å². The standard InChI is InChI=1S/C20H15N3O2S/c1-12-9-10-14-15(21-12)6-4-7-16(14)22-20(26)23-19(24)18-11-13-5-2-3-8-17(13)25-18/h2-11H,1H3,(H2,22,23,24,26). The molecule has 0 aliphatic carbocycles. The molecule has 2 heterocycles. The van der Waals surface area contributed by atoms with E-state index in [2.05, 4.69) is 15.6 Å². The molecule has 1 amide bonds. The number of amides is 1. The predicted molar refractivity (Wildman–Crippen MR) is 106 cm³/mol. The van der Waals surface area contributed by atoms with E-state index in [9.17, 15) is 4.79 Å². The number of hydrogen-bond acceptors (Lipinski definition) is 4. The fourth-order valence-corrected chi connectivity index (χ4v) is 2.98. The van der Waals surface area contributed by atoms with Crippen LogP contribution in [0.3, 0.4) is 0 Å². The van der Waals surface area contributed by atoms with Gasteiger partial charge in [0.2, 0.25) is 0 Å². The van der Waals surface area contributed by atoms with Crippen LogP contribution in [0.4, 0.5) is 5.69 Å². The Morgan fingerprint density at radius 1 is 1.08 bits per heavy atom. The average Bonchev–Trinajstić information content (AvgIpc) is 3.06. The van der Waals surface area contributed by atoms with Crippen molar-refractivity contribution in [2.45, 2.75) is 6.92 Å². The van der Waals surface area contributed by atoms with Crippen LogP contribution >= 0.6 is 12.2 Å². The van der Waals surface area contributed by atoms with Crippen LogP contribution in [-0.4, -0.2) is 16.0 Å². The second-order valence-electron chi connectivity index (χ2n) is 5.88. The van der Waals surface area contributed by atoms with Crippen LogP contribution in [0.15, 0.2) is 65.1 Å². The Bertz CT molecular complexity index is 1120. The summed E-state index contributed by atoms with van der Waals surface area (Å²) in [5.41, 5.74) is 3.24. The summed E-state index contributed by atoms with van der Waals surface area (Å²) in [6.45, 7) is 1.94. The molecule has 0 bridgehead atoms. The molecule has 5 nitrogen and oxygen atoms in total. The first-order chi connectivity index (χ1) is 12.6. The summed E-state index contributed by atoms with van der Waals surface area (Å²) in [6.07, 6.45) is 0. The van der Waals surface area contributed by atoms with Gasteiger partial charge in [-0.3, -0.25) is 15.1 Å². The maximum absolute atomic E-state index is 12.4. The highest BCUT2D eigenvalue weighted by molar-refractivity contribution is 7.80. The van der Waals surface area contributed by atoms with E-state index < -0.39 is 5.91 Å². The van der Waals surface area contributed by atoms with Crippen LogP contribution < -0.4 is 10.6 Å². The molecule has 0 spiro atoms. The van der Waals surface area contributed by atoms with Crippen molar-refractivity contribution in [3.63, 3.8) is 0 Å². The molecule has 0 unspecified atom stereocenters. The molecule has 0 aliphatic heterocycles. The maximum Gasteiger partial charge on any atom is 0.293 e. The van der Waals surface area contributed by atoms with Gasteiger partial charge >= 0.3 is 0 Å². The molecule has 2 aromatic carbocycles. The Kier molecular flexibility index (Phi) is 4.10. The number of thiocarbonyl (C=S) groups is 1. The number of furan rings is 1. The summed E-state index contributed by atoms with van der Waals surface area (Å²) in [7, 11) is 0. The first-order valence-electron chi connectivity index (χ1n) is 8.07. The molecule has 0 saturated heterocycles. The van der Waals surface area contributed by atoms with E-state index in [0.717, 1.165) is 27.7 Å². The molecule has 26 heavy (non-hydrogen) atoms. The highest BCUT2D eigenvalue weighted by Gasteiger charge is 2.14. The van der Waals surface area contributed by atoms with Gasteiger partial charge in [0.15, 0.2) is 10.9 Å². The minimum Gasteiger partial charge on any atom is -0.451 e. The number of nitrogens with one attached hydrogen (secondary N) is 2. The number of carbonyl (C=O) groups excluding carboxylic acids is 1. The second kappa shape index (κ2) is 6.57. The highest BCUT2D eigenvalue weighted by Crippen LogP contribution is 2.22. The number of rotatable bonds is 2. The SMILES string of the molecule is Cc1ccc2c(NC(=S)NC(=O)c3cc4ccccc4o3)cccc2n1. The number of aromatic nitrogens is 1. The van der Waals surface area contributed by atoms with Crippen molar-refractivity contribution in [2.24, 2.45) is 0 Å². The Morgan fingerprint density at radius 2 is 1.92 bits per heavy atom. The van der Waals surface area contributed by atoms with Crippen molar-refractivity contribution in [3.05, 3.63) is 72.1 Å². The zero-order valence-corrected chi connectivity index (χ0v) is 14.8. The summed E-state index contributed by atoms with van der Waals surface area (Å²) in [5.74, 6) is -0.182. The van der Waals surface area contributed by atoms with Crippen molar-refractivity contribution in [1.29, 1.82) is 0 Å². The predicted octanol–water partition coefficient (Wildman–Crippen LogP) is 4.42. The lowest BCUT2D eigenvalue weighted by atomic mass is 10.1. The van der Waals surface area contributed by atoms with Crippen LogP contribution in [0, 0.1) is 6.92 Å². The maximum atomic E-state index is 12.4. The number of hydrogen-bond donors (Lipinski definition) is 2. The quantitative estimate of drug-likeness (QED) is 0.518. The summed E-state index contributed by atoms with van der Waals surface area (Å²) >= 11 is 5.28. The molecule has 0 saturated carbocycles. The van der Waals surface area contributed by atoms with Crippen LogP contribution in [0.5, 0.6) is 0 Å². The molecule has 0 aliphatic rings. The van der Waals surface area contributed by atoms with Gasteiger partial charge in [-0.1, -0.05) is 24.3 Å². The summed E-state index contributed by atoms with van der Waals surface area (Å²) in [6, 6.07) is 18.8. The lowest BCUT2D eigenvalue weighted by Crippen LogP contribution is -2.33. The number of benzene rings is 2. The van der Waals surface area contributed by atoms with E-state index in [4.69, 9.17) is 16.6 Å². The van der Waals surface area contributed by atoms with Crippen molar-refractivity contribution in [1.82, 2.24) is 10.3 Å². The normalized spacial score (nSPS) is 10.8. The Labute approximate surface area is 155 Å². The number of para-hydroxylation sites is 1. The van der Waals surface area contributed by atoms with Crippen molar-refractivity contribution >= 4 is 50.8 Å².